The van der Waals surface area contributed by atoms with Crippen molar-refractivity contribution in [2.24, 2.45) is 5.92 Å². The van der Waals surface area contributed by atoms with Gasteiger partial charge in [0.1, 0.15) is 24.0 Å². The maximum absolute atomic E-state index is 14.7. The van der Waals surface area contributed by atoms with Gasteiger partial charge in [0.05, 0.1) is 26.1 Å². The maximum Gasteiger partial charge on any atom is 0.459 e. The van der Waals surface area contributed by atoms with E-state index in [-0.39, 0.29) is 37.4 Å². The first-order valence-electron chi connectivity index (χ1n) is 15.8. The number of nitrogens with zero attached hydrogens (tertiary/aromatic N) is 4. The quantitative estimate of drug-likeness (QED) is 0.109. The zero-order valence-corrected chi connectivity index (χ0v) is 28.4. The van der Waals surface area contributed by atoms with Gasteiger partial charge in [-0.25, -0.2) is 9.55 Å². The Morgan fingerprint density at radius 1 is 1.12 bits per heavy atom. The van der Waals surface area contributed by atoms with E-state index in [1.54, 1.807) is 32.9 Å². The molecule has 1 fully saturated rings. The van der Waals surface area contributed by atoms with Crippen molar-refractivity contribution < 1.29 is 37.7 Å². The van der Waals surface area contributed by atoms with Crippen LogP contribution in [0.3, 0.4) is 0 Å². The second-order valence-electron chi connectivity index (χ2n) is 12.4. The van der Waals surface area contributed by atoms with Crippen molar-refractivity contribution in [3.63, 3.8) is 0 Å². The zero-order chi connectivity index (χ0) is 34.8. The summed E-state index contributed by atoms with van der Waals surface area (Å²) in [6.07, 6.45) is -0.176. The Morgan fingerprint density at radius 3 is 2.61 bits per heavy atom. The minimum absolute atomic E-state index is 0.0387. The third-order valence-electron chi connectivity index (χ3n) is 8.19. The number of hydrogen-bond acceptors (Lipinski definition) is 12. The Labute approximate surface area is 283 Å². The second kappa shape index (κ2) is 14.1. The predicted octanol–water partition coefficient (Wildman–Crippen LogP) is 5.17. The number of rotatable bonds is 13. The van der Waals surface area contributed by atoms with Gasteiger partial charge in [-0.1, -0.05) is 80.6 Å². The zero-order valence-electron chi connectivity index (χ0n) is 27.6. The SMILES string of the molecule is COc1nc(N)nc2c1ncn2C1OC(COP(=O)(NC(C(=O)OCc2ccccc2)C(C)C)Oc2cccc3ccccc23)CC1(C)O. The lowest BCUT2D eigenvalue weighted by Crippen LogP contribution is -2.41. The van der Waals surface area contributed by atoms with Gasteiger partial charge in [0.2, 0.25) is 11.8 Å². The summed E-state index contributed by atoms with van der Waals surface area (Å²) in [6, 6.07) is 21.0. The number of methoxy groups -OCH3 is 1. The Bertz CT molecular complexity index is 1980. The van der Waals surface area contributed by atoms with Crippen LogP contribution in [0, 0.1) is 5.92 Å². The van der Waals surface area contributed by atoms with Crippen LogP contribution in [0.15, 0.2) is 79.1 Å². The molecule has 3 heterocycles. The van der Waals surface area contributed by atoms with Crippen LogP contribution in [0.25, 0.3) is 21.9 Å². The fraction of sp³-hybridized carbons (Fsp3) is 0.353. The van der Waals surface area contributed by atoms with Gasteiger partial charge in [0.25, 0.3) is 0 Å². The molecule has 15 heteroatoms. The number of ether oxygens (including phenoxy) is 3. The second-order valence-corrected chi connectivity index (χ2v) is 14.1. The Balaban J connectivity index is 1.25. The average Bonchev–Trinajstić information content (AvgIpc) is 3.64. The molecule has 2 aromatic heterocycles. The summed E-state index contributed by atoms with van der Waals surface area (Å²) in [7, 11) is -2.88. The number of nitrogen functional groups attached to an aromatic ring is 1. The number of anilines is 1. The highest BCUT2D eigenvalue weighted by Crippen LogP contribution is 2.49. The number of hydrogen-bond donors (Lipinski definition) is 3. The monoisotopic (exact) mass is 690 g/mol. The Hall–Kier alpha value is -4.59. The first-order chi connectivity index (χ1) is 23.5. The lowest BCUT2D eigenvalue weighted by atomic mass is 10.0. The van der Waals surface area contributed by atoms with E-state index in [1.807, 2.05) is 60.7 Å². The van der Waals surface area contributed by atoms with Crippen molar-refractivity contribution in [2.75, 3.05) is 19.5 Å². The minimum atomic E-state index is -4.32. The van der Waals surface area contributed by atoms with E-state index in [9.17, 15) is 14.5 Å². The molecule has 5 aromatic rings. The fourth-order valence-electron chi connectivity index (χ4n) is 5.76. The van der Waals surface area contributed by atoms with E-state index in [0.717, 1.165) is 10.9 Å². The molecule has 0 bridgehead atoms. The number of nitrogens with one attached hydrogen (secondary N) is 1. The highest BCUT2D eigenvalue weighted by molar-refractivity contribution is 7.52. The molecule has 0 radical (unpaired) electrons. The molecule has 258 valence electrons. The van der Waals surface area contributed by atoms with Gasteiger partial charge in [-0.2, -0.15) is 15.1 Å². The van der Waals surface area contributed by atoms with Crippen LogP contribution >= 0.6 is 7.75 Å². The van der Waals surface area contributed by atoms with Gasteiger partial charge in [0.15, 0.2) is 17.4 Å². The normalized spacial score (nSPS) is 21.1. The third-order valence-corrected chi connectivity index (χ3v) is 9.71. The van der Waals surface area contributed by atoms with E-state index in [4.69, 9.17) is 29.0 Å². The van der Waals surface area contributed by atoms with Crippen LogP contribution in [0.2, 0.25) is 0 Å². The predicted molar refractivity (Wildman–Crippen MR) is 182 cm³/mol. The summed E-state index contributed by atoms with van der Waals surface area (Å²) >= 11 is 0. The van der Waals surface area contributed by atoms with E-state index in [1.165, 1.54) is 18.0 Å². The maximum atomic E-state index is 14.7. The number of benzene rings is 3. The number of fused-ring (bicyclic) bond motifs is 2. The molecule has 1 aliphatic heterocycles. The van der Waals surface area contributed by atoms with Crippen LogP contribution in [0.4, 0.5) is 5.95 Å². The van der Waals surface area contributed by atoms with Gasteiger partial charge in [-0.15, -0.1) is 0 Å². The van der Waals surface area contributed by atoms with E-state index < -0.39 is 37.7 Å². The van der Waals surface area contributed by atoms with E-state index in [2.05, 4.69) is 20.0 Å². The first kappa shape index (κ1) is 34.3. The number of imidazole rings is 1. The third kappa shape index (κ3) is 7.53. The Morgan fingerprint density at radius 2 is 1.86 bits per heavy atom. The number of carbonyl (C=O) groups is 1. The molecule has 0 aliphatic carbocycles. The van der Waals surface area contributed by atoms with Crippen molar-refractivity contribution in [3.05, 3.63) is 84.7 Å². The van der Waals surface area contributed by atoms with Crippen LogP contribution in [0.5, 0.6) is 11.6 Å². The number of aromatic nitrogens is 4. The molecule has 6 rings (SSSR count). The van der Waals surface area contributed by atoms with Gasteiger partial charge in [-0.05, 0) is 29.9 Å². The van der Waals surface area contributed by atoms with Crippen LogP contribution in [-0.2, 0) is 30.0 Å². The molecule has 3 aromatic carbocycles. The van der Waals surface area contributed by atoms with Crippen molar-refractivity contribution in [3.8, 4) is 11.6 Å². The van der Waals surface area contributed by atoms with Crippen LogP contribution in [0.1, 0.15) is 39.0 Å². The molecule has 1 aliphatic rings. The van der Waals surface area contributed by atoms with Crippen molar-refractivity contribution in [1.29, 1.82) is 0 Å². The van der Waals surface area contributed by atoms with Crippen molar-refractivity contribution >= 4 is 41.6 Å². The standard InChI is InChI=1S/C34H39N6O8P/c1-21(2)27(31(41)45-18-22-11-6-5-7-12-22)39-49(43,48-26-16-10-14-23-13-8-9-15-25(23)26)46-19-24-17-34(3,42)32(47-24)40-20-36-28-29(40)37-33(35)38-30(28)44-4/h5-16,20-21,24,27,32,42H,17-19H2,1-4H3,(H,39,43)(H2,35,37,38). The van der Waals surface area contributed by atoms with E-state index in [0.29, 0.717) is 22.3 Å². The highest BCUT2D eigenvalue weighted by atomic mass is 31.2. The molecule has 14 nitrogen and oxygen atoms in total. The van der Waals surface area contributed by atoms with E-state index >= 15 is 0 Å². The molecular weight excluding hydrogens is 651 g/mol. The summed E-state index contributed by atoms with van der Waals surface area (Å²) in [4.78, 5) is 26.1. The van der Waals surface area contributed by atoms with Gasteiger partial charge in [-0.3, -0.25) is 13.9 Å². The largest absolute Gasteiger partial charge is 0.479 e. The van der Waals surface area contributed by atoms with Crippen LogP contribution in [-0.4, -0.2) is 62.1 Å². The van der Waals surface area contributed by atoms with Crippen molar-refractivity contribution in [2.45, 2.75) is 57.8 Å². The topological polar surface area (TPSA) is 182 Å². The first-order valence-corrected chi connectivity index (χ1v) is 17.3. The minimum Gasteiger partial charge on any atom is -0.479 e. The molecule has 1 saturated heterocycles. The number of esters is 1. The van der Waals surface area contributed by atoms with Crippen LogP contribution < -0.4 is 20.1 Å². The fourth-order valence-corrected chi connectivity index (χ4v) is 7.47. The van der Waals surface area contributed by atoms with Crippen molar-refractivity contribution in [1.82, 2.24) is 24.6 Å². The summed E-state index contributed by atoms with van der Waals surface area (Å²) in [5.74, 6) is -0.540. The Kier molecular flexibility index (Phi) is 9.87. The number of nitrogens with two attached hydrogens (primary N) is 1. The summed E-state index contributed by atoms with van der Waals surface area (Å²) in [5, 5.41) is 15.9. The summed E-state index contributed by atoms with van der Waals surface area (Å²) in [6.45, 7) is 4.97. The molecule has 0 spiro atoms. The highest BCUT2D eigenvalue weighted by Gasteiger charge is 2.47. The van der Waals surface area contributed by atoms with Gasteiger partial charge in [0, 0.05) is 11.8 Å². The molecule has 49 heavy (non-hydrogen) atoms. The molecular formula is C34H39N6O8P. The molecule has 0 saturated carbocycles. The lowest BCUT2D eigenvalue weighted by molar-refractivity contribution is -0.148. The molecule has 0 amide bonds. The van der Waals surface area contributed by atoms with Gasteiger partial charge < -0.3 is 29.6 Å². The molecule has 4 N–H and O–H groups in total. The molecule has 5 unspecified atom stereocenters. The lowest BCUT2D eigenvalue weighted by Gasteiger charge is -2.27. The average molecular weight is 691 g/mol. The summed E-state index contributed by atoms with van der Waals surface area (Å²) in [5.41, 5.74) is 5.92. The number of aliphatic hydroxyl groups is 1. The summed E-state index contributed by atoms with van der Waals surface area (Å²) < 4.78 is 45.6. The molecule has 5 atom stereocenters. The smallest absolute Gasteiger partial charge is 0.459 e. The number of carbonyl (C=O) groups excluding carboxylic acids is 1. The van der Waals surface area contributed by atoms with Gasteiger partial charge >= 0.3 is 13.7 Å².